The average Bonchev–Trinajstić information content (AvgIpc) is 2.37. The van der Waals surface area contributed by atoms with Gasteiger partial charge in [0.2, 0.25) is 0 Å². The number of anilines is 1. The lowest BCUT2D eigenvalue weighted by Crippen LogP contribution is -2.61. The molecule has 1 fully saturated rings. The summed E-state index contributed by atoms with van der Waals surface area (Å²) in [7, 11) is 1.67. The summed E-state index contributed by atoms with van der Waals surface area (Å²) in [5.41, 5.74) is 5.68. The first-order chi connectivity index (χ1) is 9.27. The maximum Gasteiger partial charge on any atom is 0.252 e. The van der Waals surface area contributed by atoms with E-state index < -0.39 is 5.82 Å². The molecule has 0 aromatic heterocycles. The van der Waals surface area contributed by atoms with E-state index in [2.05, 4.69) is 21.2 Å². The monoisotopic (exact) mass is 344 g/mol. The number of nitrogens with one attached hydrogen (secondary N) is 1. The third-order valence-electron chi connectivity index (χ3n) is 4.10. The molecule has 1 aromatic carbocycles. The van der Waals surface area contributed by atoms with E-state index in [9.17, 15) is 9.18 Å². The minimum absolute atomic E-state index is 0.0260. The van der Waals surface area contributed by atoms with Gasteiger partial charge in [0.15, 0.2) is 0 Å². The number of rotatable bonds is 3. The predicted molar refractivity (Wildman–Crippen MR) is 79.0 cm³/mol. The minimum Gasteiger partial charge on any atom is -0.396 e. The Bertz CT molecular complexity index is 548. The molecule has 1 amide bonds. The van der Waals surface area contributed by atoms with Crippen LogP contribution >= 0.6 is 15.9 Å². The first kappa shape index (κ1) is 15.3. The van der Waals surface area contributed by atoms with Crippen molar-refractivity contribution in [1.82, 2.24) is 5.32 Å². The smallest absolute Gasteiger partial charge is 0.252 e. The summed E-state index contributed by atoms with van der Waals surface area (Å²) < 4.78 is 19.0. The van der Waals surface area contributed by atoms with Gasteiger partial charge in [0.25, 0.3) is 5.91 Å². The van der Waals surface area contributed by atoms with Gasteiger partial charge in [0, 0.05) is 23.0 Å². The Morgan fingerprint density at radius 3 is 2.75 bits per heavy atom. The van der Waals surface area contributed by atoms with E-state index in [1.807, 2.05) is 13.8 Å². The standard InChI is InChI=1S/C14H18BrFN2O2/c1-14(2)11(6-12(14)20-3)18-13(19)7-4-10(17)9(16)5-8(7)15/h4-5,11-12H,6,17H2,1-3H3,(H,18,19). The van der Waals surface area contributed by atoms with Crippen LogP contribution in [0.3, 0.4) is 0 Å². The normalized spacial score (nSPS) is 24.1. The predicted octanol–water partition coefficient (Wildman–Crippen LogP) is 2.71. The van der Waals surface area contributed by atoms with E-state index in [0.29, 0.717) is 10.0 Å². The van der Waals surface area contributed by atoms with Crippen LogP contribution in [0, 0.1) is 11.2 Å². The molecule has 0 saturated heterocycles. The number of halogens is 2. The quantitative estimate of drug-likeness (QED) is 0.828. The Morgan fingerprint density at radius 2 is 2.20 bits per heavy atom. The van der Waals surface area contributed by atoms with Gasteiger partial charge in [-0.25, -0.2) is 4.39 Å². The fourth-order valence-electron chi connectivity index (χ4n) is 2.51. The second-order valence-corrected chi connectivity index (χ2v) is 6.52. The number of benzene rings is 1. The van der Waals surface area contributed by atoms with Crippen molar-refractivity contribution in [2.45, 2.75) is 32.4 Å². The molecule has 6 heteroatoms. The largest absolute Gasteiger partial charge is 0.396 e. The van der Waals surface area contributed by atoms with Crippen molar-refractivity contribution in [1.29, 1.82) is 0 Å². The molecular weight excluding hydrogens is 327 g/mol. The van der Waals surface area contributed by atoms with Crippen molar-refractivity contribution in [2.24, 2.45) is 5.41 Å². The van der Waals surface area contributed by atoms with Gasteiger partial charge in [-0.05, 0) is 34.5 Å². The molecule has 1 saturated carbocycles. The van der Waals surface area contributed by atoms with Gasteiger partial charge in [0.1, 0.15) is 5.82 Å². The van der Waals surface area contributed by atoms with Crippen LogP contribution in [0.4, 0.5) is 10.1 Å². The number of methoxy groups -OCH3 is 1. The fourth-order valence-corrected chi connectivity index (χ4v) is 3.00. The number of nitrogens with two attached hydrogens (primary N) is 1. The molecule has 0 spiro atoms. The minimum atomic E-state index is -0.545. The number of carbonyl (C=O) groups is 1. The molecule has 0 heterocycles. The summed E-state index contributed by atoms with van der Waals surface area (Å²) in [6, 6.07) is 2.57. The third kappa shape index (κ3) is 2.54. The first-order valence-electron chi connectivity index (χ1n) is 6.35. The Labute approximate surface area is 126 Å². The van der Waals surface area contributed by atoms with Crippen molar-refractivity contribution in [3.8, 4) is 0 Å². The van der Waals surface area contributed by atoms with Crippen molar-refractivity contribution in [2.75, 3.05) is 12.8 Å². The van der Waals surface area contributed by atoms with Gasteiger partial charge in [-0.3, -0.25) is 4.79 Å². The Morgan fingerprint density at radius 1 is 1.55 bits per heavy atom. The summed E-state index contributed by atoms with van der Waals surface area (Å²) in [4.78, 5) is 12.3. The molecule has 0 radical (unpaired) electrons. The topological polar surface area (TPSA) is 64.3 Å². The summed E-state index contributed by atoms with van der Waals surface area (Å²) in [5.74, 6) is -0.812. The molecule has 0 bridgehead atoms. The Hall–Kier alpha value is -1.14. The van der Waals surface area contributed by atoms with E-state index in [0.717, 1.165) is 6.42 Å². The second-order valence-electron chi connectivity index (χ2n) is 5.66. The molecule has 0 aliphatic heterocycles. The molecule has 1 aliphatic carbocycles. The van der Waals surface area contributed by atoms with Gasteiger partial charge >= 0.3 is 0 Å². The SMILES string of the molecule is COC1CC(NC(=O)c2cc(N)c(F)cc2Br)C1(C)C. The van der Waals surface area contributed by atoms with Crippen LogP contribution in [0.5, 0.6) is 0 Å². The van der Waals surface area contributed by atoms with Crippen LogP contribution < -0.4 is 11.1 Å². The number of carbonyl (C=O) groups excluding carboxylic acids is 1. The van der Waals surface area contributed by atoms with E-state index in [-0.39, 0.29) is 29.2 Å². The molecular formula is C14H18BrFN2O2. The van der Waals surface area contributed by atoms with Gasteiger partial charge in [0.05, 0.1) is 17.4 Å². The van der Waals surface area contributed by atoms with Crippen LogP contribution in [0.15, 0.2) is 16.6 Å². The Balaban J connectivity index is 2.13. The zero-order valence-corrected chi connectivity index (χ0v) is 13.3. The van der Waals surface area contributed by atoms with E-state index in [1.54, 1.807) is 7.11 Å². The summed E-state index contributed by atoms with van der Waals surface area (Å²) in [6.07, 6.45) is 0.901. The summed E-state index contributed by atoms with van der Waals surface area (Å²) >= 11 is 3.18. The molecule has 3 N–H and O–H groups in total. The fraction of sp³-hybridized carbons (Fsp3) is 0.500. The Kier molecular flexibility index (Phi) is 4.07. The second kappa shape index (κ2) is 5.33. The molecule has 4 nitrogen and oxygen atoms in total. The number of ether oxygens (including phenoxy) is 1. The lowest BCUT2D eigenvalue weighted by Gasteiger charge is -2.51. The van der Waals surface area contributed by atoms with Crippen molar-refractivity contribution < 1.29 is 13.9 Å². The van der Waals surface area contributed by atoms with E-state index in [1.165, 1.54) is 12.1 Å². The van der Waals surface area contributed by atoms with Gasteiger partial charge in [-0.1, -0.05) is 13.8 Å². The molecule has 1 aromatic rings. The highest BCUT2D eigenvalue weighted by Crippen LogP contribution is 2.42. The lowest BCUT2D eigenvalue weighted by molar-refractivity contribution is -0.0942. The van der Waals surface area contributed by atoms with Gasteiger partial charge < -0.3 is 15.8 Å². The molecule has 20 heavy (non-hydrogen) atoms. The van der Waals surface area contributed by atoms with Crippen molar-refractivity contribution >= 4 is 27.5 Å². The number of amides is 1. The number of nitrogen functional groups attached to an aromatic ring is 1. The highest BCUT2D eigenvalue weighted by molar-refractivity contribution is 9.10. The lowest BCUT2D eigenvalue weighted by atomic mass is 9.64. The highest BCUT2D eigenvalue weighted by atomic mass is 79.9. The van der Waals surface area contributed by atoms with Crippen LogP contribution in [0.2, 0.25) is 0 Å². The van der Waals surface area contributed by atoms with Crippen LogP contribution in [0.1, 0.15) is 30.6 Å². The van der Waals surface area contributed by atoms with Gasteiger partial charge in [-0.15, -0.1) is 0 Å². The van der Waals surface area contributed by atoms with Crippen LogP contribution in [-0.2, 0) is 4.74 Å². The molecule has 2 rings (SSSR count). The van der Waals surface area contributed by atoms with Crippen LogP contribution in [-0.4, -0.2) is 25.2 Å². The number of hydrogen-bond acceptors (Lipinski definition) is 3. The zero-order chi connectivity index (χ0) is 15.1. The molecule has 2 atom stereocenters. The average molecular weight is 345 g/mol. The maximum atomic E-state index is 13.3. The summed E-state index contributed by atoms with van der Waals surface area (Å²) in [5, 5.41) is 2.95. The first-order valence-corrected chi connectivity index (χ1v) is 7.14. The molecule has 2 unspecified atom stereocenters. The summed E-state index contributed by atoms with van der Waals surface area (Å²) in [6.45, 7) is 4.09. The van der Waals surface area contributed by atoms with Crippen LogP contribution in [0.25, 0.3) is 0 Å². The maximum absolute atomic E-state index is 13.3. The van der Waals surface area contributed by atoms with Crippen molar-refractivity contribution in [3.63, 3.8) is 0 Å². The van der Waals surface area contributed by atoms with E-state index in [4.69, 9.17) is 10.5 Å². The molecule has 1 aliphatic rings. The van der Waals surface area contributed by atoms with E-state index >= 15 is 0 Å². The third-order valence-corrected chi connectivity index (χ3v) is 4.75. The number of hydrogen-bond donors (Lipinski definition) is 2. The highest BCUT2D eigenvalue weighted by Gasteiger charge is 2.49. The molecule has 110 valence electrons. The zero-order valence-electron chi connectivity index (χ0n) is 11.7. The van der Waals surface area contributed by atoms with Crippen molar-refractivity contribution in [3.05, 3.63) is 28.0 Å². The van der Waals surface area contributed by atoms with Gasteiger partial charge in [-0.2, -0.15) is 0 Å².